The Kier molecular flexibility index (Phi) is 16.1. The van der Waals surface area contributed by atoms with Gasteiger partial charge in [-0.3, -0.25) is 0 Å². The van der Waals surface area contributed by atoms with Crippen LogP contribution in [-0.4, -0.2) is 5.97 Å². The standard InChI is InChI=1S/C20H40O2.H3N/c1-5-6-7-8-9-10-11-12-13-14-15-16-17-18(2)20(3,4)19(21)22;/h18H,5-17H2,1-4H3,(H,21,22);1H3. The molecule has 1 unspecified atom stereocenters. The monoisotopic (exact) mass is 329 g/mol. The number of carboxylic acid groups (broad SMARTS) is 1. The summed E-state index contributed by atoms with van der Waals surface area (Å²) in [6, 6.07) is 0. The second-order valence-electron chi connectivity index (χ2n) is 7.59. The second-order valence-corrected chi connectivity index (χ2v) is 7.59. The van der Waals surface area contributed by atoms with Gasteiger partial charge < -0.3 is 16.1 Å². The quantitative estimate of drug-likeness (QED) is 0.382. The summed E-state index contributed by atoms with van der Waals surface area (Å²) in [4.78, 5) is 11.1. The maximum Gasteiger partial charge on any atom is 0.0473 e. The Bertz CT molecular complexity index is 277. The molecular weight excluding hydrogens is 286 g/mol. The first-order valence-electron chi connectivity index (χ1n) is 9.64. The zero-order valence-electron chi connectivity index (χ0n) is 16.6. The van der Waals surface area contributed by atoms with Crippen molar-refractivity contribution in [2.24, 2.45) is 11.3 Å². The summed E-state index contributed by atoms with van der Waals surface area (Å²) >= 11 is 0. The maximum atomic E-state index is 11.1. The molecule has 0 aromatic rings. The van der Waals surface area contributed by atoms with Crippen LogP contribution in [0, 0.1) is 11.3 Å². The first kappa shape index (κ1) is 24.7. The van der Waals surface area contributed by atoms with Gasteiger partial charge in [0.1, 0.15) is 0 Å². The van der Waals surface area contributed by atoms with Crippen LogP contribution in [-0.2, 0) is 4.79 Å². The Hall–Kier alpha value is -0.570. The first-order valence-corrected chi connectivity index (χ1v) is 9.64. The van der Waals surface area contributed by atoms with Crippen molar-refractivity contribution in [3.05, 3.63) is 0 Å². The summed E-state index contributed by atoms with van der Waals surface area (Å²) in [5.74, 6) is -0.723. The zero-order valence-corrected chi connectivity index (χ0v) is 16.6. The predicted octanol–water partition coefficient (Wildman–Crippen LogP) is 5.87. The fraction of sp³-hybridized carbons (Fsp3) is 0.950. The van der Waals surface area contributed by atoms with Crippen molar-refractivity contribution in [3.63, 3.8) is 0 Å². The number of carbonyl (C=O) groups is 1. The molecule has 4 N–H and O–H groups in total. The molecule has 23 heavy (non-hydrogen) atoms. The number of carboxylic acids is 1. The van der Waals surface area contributed by atoms with Crippen LogP contribution in [0.4, 0.5) is 0 Å². The summed E-state index contributed by atoms with van der Waals surface area (Å²) in [5, 5.41) is 11.1. The lowest BCUT2D eigenvalue weighted by Crippen LogP contribution is -2.42. The molecule has 0 heterocycles. The number of rotatable bonds is 15. The first-order chi connectivity index (χ1) is 10.4. The van der Waals surface area contributed by atoms with Crippen molar-refractivity contribution in [3.8, 4) is 0 Å². The summed E-state index contributed by atoms with van der Waals surface area (Å²) in [6.45, 7) is 7.87. The van der Waals surface area contributed by atoms with Gasteiger partial charge in [-0.25, -0.2) is 0 Å². The molecule has 0 aliphatic carbocycles. The molecule has 0 saturated carbocycles. The van der Waals surface area contributed by atoms with Crippen molar-refractivity contribution in [2.45, 2.75) is 111 Å². The minimum absolute atomic E-state index is 0. The van der Waals surface area contributed by atoms with E-state index in [4.69, 9.17) is 0 Å². The Labute approximate surface area is 145 Å². The third kappa shape index (κ3) is 12.5. The van der Waals surface area contributed by atoms with Crippen LogP contribution in [0.1, 0.15) is 111 Å². The predicted molar refractivity (Wildman–Crippen MR) is 99.6 cm³/mol. The van der Waals surface area contributed by atoms with Gasteiger partial charge in [0.25, 0.3) is 0 Å². The third-order valence-electron chi connectivity index (χ3n) is 5.25. The largest absolute Gasteiger partial charge is 0.550 e. The van der Waals surface area contributed by atoms with Crippen molar-refractivity contribution in [2.75, 3.05) is 0 Å². The Morgan fingerprint density at radius 1 is 0.826 bits per heavy atom. The molecule has 0 rings (SSSR count). The fourth-order valence-electron chi connectivity index (χ4n) is 2.85. The van der Waals surface area contributed by atoms with E-state index in [1.165, 1.54) is 70.6 Å². The topological polar surface area (TPSA) is 76.6 Å². The average Bonchev–Trinajstić information content (AvgIpc) is 2.47. The molecule has 0 spiro atoms. The van der Waals surface area contributed by atoms with E-state index in [1.54, 1.807) is 13.8 Å². The van der Waals surface area contributed by atoms with E-state index in [9.17, 15) is 9.90 Å². The van der Waals surface area contributed by atoms with Crippen LogP contribution in [0.25, 0.3) is 0 Å². The van der Waals surface area contributed by atoms with E-state index >= 15 is 0 Å². The number of quaternary nitrogens is 1. The van der Waals surface area contributed by atoms with Crippen molar-refractivity contribution < 1.29 is 9.90 Å². The number of unbranched alkanes of at least 4 members (excludes halogenated alkanes) is 11. The Balaban J connectivity index is 0. The second kappa shape index (κ2) is 15.0. The molecule has 3 heteroatoms. The maximum absolute atomic E-state index is 11.1. The number of hydrogen-bond donors (Lipinski definition) is 1. The molecule has 1 atom stereocenters. The highest BCUT2D eigenvalue weighted by Crippen LogP contribution is 2.30. The minimum Gasteiger partial charge on any atom is -0.550 e. The van der Waals surface area contributed by atoms with Crippen molar-refractivity contribution >= 4 is 5.97 Å². The smallest absolute Gasteiger partial charge is 0.0473 e. The van der Waals surface area contributed by atoms with Crippen LogP contribution >= 0.6 is 0 Å². The van der Waals surface area contributed by atoms with Gasteiger partial charge >= 0.3 is 0 Å². The third-order valence-corrected chi connectivity index (χ3v) is 5.25. The number of hydrogen-bond acceptors (Lipinski definition) is 2. The van der Waals surface area contributed by atoms with E-state index in [0.717, 1.165) is 12.8 Å². The van der Waals surface area contributed by atoms with Crippen molar-refractivity contribution in [1.82, 2.24) is 6.15 Å². The lowest BCUT2D eigenvalue weighted by atomic mass is 9.77. The van der Waals surface area contributed by atoms with Gasteiger partial charge in [-0.2, -0.15) is 0 Å². The zero-order chi connectivity index (χ0) is 16.8. The molecule has 0 saturated heterocycles. The molecule has 0 aliphatic heterocycles. The van der Waals surface area contributed by atoms with Crippen LogP contribution < -0.4 is 11.3 Å². The molecule has 140 valence electrons. The molecule has 0 aromatic carbocycles. The summed E-state index contributed by atoms with van der Waals surface area (Å²) < 4.78 is 0. The van der Waals surface area contributed by atoms with Gasteiger partial charge in [0.15, 0.2) is 0 Å². The van der Waals surface area contributed by atoms with E-state index < -0.39 is 11.4 Å². The highest BCUT2D eigenvalue weighted by molar-refractivity contribution is 5.71. The van der Waals surface area contributed by atoms with E-state index in [2.05, 4.69) is 6.92 Å². The molecule has 0 aromatic heterocycles. The molecular formula is C20H43NO2. The SMILES string of the molecule is CCCCCCCCCCCCCCC(C)C(C)(C)C(=O)[O-].[NH4+]. The molecule has 0 fully saturated rings. The molecule has 0 radical (unpaired) electrons. The highest BCUT2D eigenvalue weighted by Gasteiger charge is 2.26. The van der Waals surface area contributed by atoms with Crippen LogP contribution in [0.5, 0.6) is 0 Å². The lowest BCUT2D eigenvalue weighted by molar-refractivity contribution is -0.320. The molecule has 0 aliphatic rings. The average molecular weight is 330 g/mol. The number of aliphatic carboxylic acids is 1. The lowest BCUT2D eigenvalue weighted by Gasteiger charge is -2.32. The van der Waals surface area contributed by atoms with E-state index in [-0.39, 0.29) is 12.1 Å². The normalized spacial score (nSPS) is 12.7. The van der Waals surface area contributed by atoms with Gasteiger partial charge in [-0.1, -0.05) is 105 Å². The van der Waals surface area contributed by atoms with E-state index in [1.807, 2.05) is 6.92 Å². The molecule has 3 nitrogen and oxygen atoms in total. The summed E-state index contributed by atoms with van der Waals surface area (Å²) in [7, 11) is 0. The fourth-order valence-corrected chi connectivity index (χ4v) is 2.85. The van der Waals surface area contributed by atoms with Crippen molar-refractivity contribution in [1.29, 1.82) is 0 Å². The minimum atomic E-state index is -0.918. The Morgan fingerprint density at radius 3 is 1.52 bits per heavy atom. The van der Waals surface area contributed by atoms with Crippen LogP contribution in [0.15, 0.2) is 0 Å². The van der Waals surface area contributed by atoms with Crippen LogP contribution in [0.2, 0.25) is 0 Å². The van der Waals surface area contributed by atoms with Gasteiger partial charge in [-0.05, 0) is 12.3 Å². The number of carbonyl (C=O) groups excluding carboxylic acids is 1. The van der Waals surface area contributed by atoms with Gasteiger partial charge in [0.2, 0.25) is 0 Å². The molecule has 0 amide bonds. The van der Waals surface area contributed by atoms with E-state index in [0.29, 0.717) is 0 Å². The van der Waals surface area contributed by atoms with Gasteiger partial charge in [0, 0.05) is 11.4 Å². The summed E-state index contributed by atoms with van der Waals surface area (Å²) in [6.07, 6.45) is 17.2. The Morgan fingerprint density at radius 2 is 1.17 bits per heavy atom. The highest BCUT2D eigenvalue weighted by atomic mass is 16.4. The summed E-state index contributed by atoms with van der Waals surface area (Å²) in [5.41, 5.74) is -0.697. The molecule has 0 bridgehead atoms. The van der Waals surface area contributed by atoms with Crippen LogP contribution in [0.3, 0.4) is 0 Å². The van der Waals surface area contributed by atoms with Gasteiger partial charge in [0.05, 0.1) is 0 Å². The van der Waals surface area contributed by atoms with Gasteiger partial charge in [-0.15, -0.1) is 0 Å².